The summed E-state index contributed by atoms with van der Waals surface area (Å²) in [5, 5.41) is 7.66. The molecule has 2 rings (SSSR count). The third kappa shape index (κ3) is 2.71. The van der Waals surface area contributed by atoms with Crippen LogP contribution in [0, 0.1) is 0 Å². The molecule has 0 aliphatic heterocycles. The summed E-state index contributed by atoms with van der Waals surface area (Å²) in [5.74, 6) is 0. The standard InChI is InChI=1S/C12H17N3S/c1-10(2)14-4-5-15-9-13-7-12(15)11-3-6-16-8-11/h3,6-10,14H,4-5H2,1-2H3. The van der Waals surface area contributed by atoms with E-state index in [2.05, 4.69) is 45.5 Å². The van der Waals surface area contributed by atoms with Crippen molar-refractivity contribution < 1.29 is 0 Å². The fraction of sp³-hybridized carbons (Fsp3) is 0.417. The Morgan fingerprint density at radius 3 is 3.06 bits per heavy atom. The van der Waals surface area contributed by atoms with Crippen LogP contribution in [0.25, 0.3) is 11.3 Å². The number of thiophene rings is 1. The molecule has 1 N–H and O–H groups in total. The highest BCUT2D eigenvalue weighted by Gasteiger charge is 2.04. The quantitative estimate of drug-likeness (QED) is 0.863. The van der Waals surface area contributed by atoms with Gasteiger partial charge in [-0.2, -0.15) is 11.3 Å². The summed E-state index contributed by atoms with van der Waals surface area (Å²) in [7, 11) is 0. The summed E-state index contributed by atoms with van der Waals surface area (Å²) in [6.45, 7) is 6.26. The van der Waals surface area contributed by atoms with Crippen LogP contribution in [0.4, 0.5) is 0 Å². The SMILES string of the molecule is CC(C)NCCn1cncc1-c1ccsc1. The van der Waals surface area contributed by atoms with Gasteiger partial charge in [-0.05, 0) is 11.4 Å². The minimum atomic E-state index is 0.535. The molecule has 0 fully saturated rings. The topological polar surface area (TPSA) is 29.9 Å². The van der Waals surface area contributed by atoms with Crippen LogP contribution in [0.1, 0.15) is 13.8 Å². The maximum atomic E-state index is 4.22. The van der Waals surface area contributed by atoms with Crippen molar-refractivity contribution in [3.63, 3.8) is 0 Å². The number of aromatic nitrogens is 2. The number of nitrogens with zero attached hydrogens (tertiary/aromatic N) is 2. The van der Waals surface area contributed by atoms with Gasteiger partial charge in [0.2, 0.25) is 0 Å². The molecule has 0 atom stereocenters. The molecule has 3 nitrogen and oxygen atoms in total. The number of hydrogen-bond donors (Lipinski definition) is 1. The minimum absolute atomic E-state index is 0.535. The largest absolute Gasteiger partial charge is 0.329 e. The fourth-order valence-electron chi connectivity index (χ4n) is 1.62. The van der Waals surface area contributed by atoms with Gasteiger partial charge in [-0.3, -0.25) is 0 Å². The molecule has 16 heavy (non-hydrogen) atoms. The van der Waals surface area contributed by atoms with E-state index in [0.717, 1.165) is 13.1 Å². The van der Waals surface area contributed by atoms with Gasteiger partial charge in [-0.15, -0.1) is 0 Å². The van der Waals surface area contributed by atoms with Crippen molar-refractivity contribution in [1.29, 1.82) is 0 Å². The van der Waals surface area contributed by atoms with Crippen molar-refractivity contribution in [3.05, 3.63) is 29.4 Å². The van der Waals surface area contributed by atoms with E-state index in [9.17, 15) is 0 Å². The molecule has 0 aliphatic rings. The third-order valence-electron chi connectivity index (χ3n) is 2.43. The Balaban J connectivity index is 2.03. The molecular formula is C12H17N3S. The summed E-state index contributed by atoms with van der Waals surface area (Å²) in [6.07, 6.45) is 3.83. The molecular weight excluding hydrogens is 218 g/mol. The molecule has 0 aliphatic carbocycles. The normalized spacial score (nSPS) is 11.2. The lowest BCUT2D eigenvalue weighted by molar-refractivity contribution is 0.543. The molecule has 0 amide bonds. The van der Waals surface area contributed by atoms with Crippen LogP contribution >= 0.6 is 11.3 Å². The van der Waals surface area contributed by atoms with E-state index in [1.54, 1.807) is 11.3 Å². The first-order valence-electron chi connectivity index (χ1n) is 5.53. The molecule has 2 heterocycles. The molecule has 86 valence electrons. The average molecular weight is 235 g/mol. The Labute approximate surface area is 100 Å². The van der Waals surface area contributed by atoms with Crippen molar-refractivity contribution in [2.45, 2.75) is 26.4 Å². The lowest BCUT2D eigenvalue weighted by atomic mass is 10.2. The summed E-state index contributed by atoms with van der Waals surface area (Å²) in [4.78, 5) is 4.22. The molecule has 0 aromatic carbocycles. The van der Waals surface area contributed by atoms with Crippen molar-refractivity contribution >= 4 is 11.3 Å². The molecule has 0 bridgehead atoms. The minimum Gasteiger partial charge on any atom is -0.329 e. The fourth-order valence-corrected chi connectivity index (χ4v) is 2.27. The van der Waals surface area contributed by atoms with Crippen molar-refractivity contribution in [3.8, 4) is 11.3 Å². The molecule has 0 radical (unpaired) electrons. The Morgan fingerprint density at radius 1 is 1.50 bits per heavy atom. The van der Waals surface area contributed by atoms with Crippen LogP contribution in [0.5, 0.6) is 0 Å². The van der Waals surface area contributed by atoms with E-state index < -0.39 is 0 Å². The highest BCUT2D eigenvalue weighted by atomic mass is 32.1. The smallest absolute Gasteiger partial charge is 0.0951 e. The van der Waals surface area contributed by atoms with Gasteiger partial charge >= 0.3 is 0 Å². The lowest BCUT2D eigenvalue weighted by Gasteiger charge is -2.10. The molecule has 0 unspecified atom stereocenters. The van der Waals surface area contributed by atoms with E-state index in [1.165, 1.54) is 11.3 Å². The zero-order valence-corrected chi connectivity index (χ0v) is 10.5. The summed E-state index contributed by atoms with van der Waals surface area (Å²) in [6, 6.07) is 2.67. The van der Waals surface area contributed by atoms with Gasteiger partial charge in [0, 0.05) is 30.1 Å². The van der Waals surface area contributed by atoms with Gasteiger partial charge in [0.1, 0.15) is 0 Å². The van der Waals surface area contributed by atoms with Gasteiger partial charge in [0.05, 0.1) is 18.2 Å². The van der Waals surface area contributed by atoms with Crippen LogP contribution in [0.2, 0.25) is 0 Å². The second-order valence-corrected chi connectivity index (χ2v) is 4.87. The maximum Gasteiger partial charge on any atom is 0.0951 e. The number of rotatable bonds is 5. The summed E-state index contributed by atoms with van der Waals surface area (Å²) < 4.78 is 2.19. The van der Waals surface area contributed by atoms with E-state index in [1.807, 2.05) is 12.5 Å². The number of imidazole rings is 1. The van der Waals surface area contributed by atoms with Crippen molar-refractivity contribution in [2.75, 3.05) is 6.54 Å². The van der Waals surface area contributed by atoms with Gasteiger partial charge in [-0.25, -0.2) is 4.98 Å². The zero-order valence-electron chi connectivity index (χ0n) is 9.68. The van der Waals surface area contributed by atoms with Gasteiger partial charge in [-0.1, -0.05) is 13.8 Å². The highest BCUT2D eigenvalue weighted by molar-refractivity contribution is 7.08. The Hall–Kier alpha value is -1.13. The predicted molar refractivity (Wildman–Crippen MR) is 68.7 cm³/mol. The Kier molecular flexibility index (Phi) is 3.74. The van der Waals surface area contributed by atoms with E-state index in [4.69, 9.17) is 0 Å². The first-order chi connectivity index (χ1) is 7.77. The third-order valence-corrected chi connectivity index (χ3v) is 3.12. The van der Waals surface area contributed by atoms with Crippen molar-refractivity contribution in [2.24, 2.45) is 0 Å². The predicted octanol–water partition coefficient (Wildman–Crippen LogP) is 2.61. The van der Waals surface area contributed by atoms with Crippen LogP contribution in [0.15, 0.2) is 29.4 Å². The van der Waals surface area contributed by atoms with Gasteiger partial charge in [0.25, 0.3) is 0 Å². The Bertz CT molecular complexity index is 417. The second kappa shape index (κ2) is 5.27. The Morgan fingerprint density at radius 2 is 2.38 bits per heavy atom. The van der Waals surface area contributed by atoms with Crippen LogP contribution in [0.3, 0.4) is 0 Å². The van der Waals surface area contributed by atoms with Gasteiger partial charge in [0.15, 0.2) is 0 Å². The van der Waals surface area contributed by atoms with Crippen LogP contribution in [-0.4, -0.2) is 22.1 Å². The van der Waals surface area contributed by atoms with E-state index in [0.29, 0.717) is 6.04 Å². The van der Waals surface area contributed by atoms with Crippen LogP contribution < -0.4 is 5.32 Å². The molecule has 2 aromatic rings. The molecule has 4 heteroatoms. The average Bonchev–Trinajstić information content (AvgIpc) is 2.84. The first kappa shape index (κ1) is 11.4. The van der Waals surface area contributed by atoms with Crippen molar-refractivity contribution in [1.82, 2.24) is 14.9 Å². The molecule has 2 aromatic heterocycles. The second-order valence-electron chi connectivity index (χ2n) is 4.09. The number of hydrogen-bond acceptors (Lipinski definition) is 3. The zero-order chi connectivity index (χ0) is 11.4. The lowest BCUT2D eigenvalue weighted by Crippen LogP contribution is -2.26. The van der Waals surface area contributed by atoms with E-state index >= 15 is 0 Å². The van der Waals surface area contributed by atoms with E-state index in [-0.39, 0.29) is 0 Å². The molecule has 0 saturated carbocycles. The number of nitrogens with one attached hydrogen (secondary N) is 1. The first-order valence-corrected chi connectivity index (χ1v) is 6.47. The maximum absolute atomic E-state index is 4.22. The summed E-state index contributed by atoms with van der Waals surface area (Å²) >= 11 is 1.72. The van der Waals surface area contributed by atoms with Gasteiger partial charge < -0.3 is 9.88 Å². The summed E-state index contributed by atoms with van der Waals surface area (Å²) in [5.41, 5.74) is 2.46. The monoisotopic (exact) mass is 235 g/mol. The highest BCUT2D eigenvalue weighted by Crippen LogP contribution is 2.21. The molecule has 0 saturated heterocycles. The van der Waals surface area contributed by atoms with Crippen LogP contribution in [-0.2, 0) is 6.54 Å². The molecule has 0 spiro atoms.